The third-order valence-corrected chi connectivity index (χ3v) is 5.20. The zero-order valence-electron chi connectivity index (χ0n) is 14.2. The van der Waals surface area contributed by atoms with Crippen LogP contribution in [-0.2, 0) is 15.0 Å². The lowest BCUT2D eigenvalue weighted by Crippen LogP contribution is -2.28. The Morgan fingerprint density at radius 3 is 2.68 bits per heavy atom. The van der Waals surface area contributed by atoms with Gasteiger partial charge in [-0.2, -0.15) is 0 Å². The minimum Gasteiger partial charge on any atom is -0.309 e. The molecule has 25 heavy (non-hydrogen) atoms. The van der Waals surface area contributed by atoms with Crippen LogP contribution in [0.15, 0.2) is 24.3 Å². The fourth-order valence-electron chi connectivity index (χ4n) is 2.57. The highest BCUT2D eigenvalue weighted by molar-refractivity contribution is 7.15. The highest BCUT2D eigenvalue weighted by Crippen LogP contribution is 2.30. The van der Waals surface area contributed by atoms with Crippen molar-refractivity contribution in [1.82, 2.24) is 10.2 Å². The second-order valence-electron chi connectivity index (χ2n) is 7.01. The van der Waals surface area contributed by atoms with Gasteiger partial charge in [0.05, 0.1) is 11.6 Å². The molecule has 1 N–H and O–H groups in total. The van der Waals surface area contributed by atoms with Gasteiger partial charge in [-0.05, 0) is 12.1 Å². The quantitative estimate of drug-likeness (QED) is 0.911. The van der Waals surface area contributed by atoms with Gasteiger partial charge in [-0.25, -0.2) is 4.39 Å². The number of anilines is 2. The molecule has 0 aliphatic carbocycles. The molecule has 1 aliphatic rings. The standard InChI is InChI=1S/C17H19FN4O2S/c1-17(2,3)15-20-21-16(25-15)19-14(24)10-8-13(23)22(9-10)12-7-5-4-6-11(12)18/h4-7,10H,8-9H2,1-3H3,(H,19,21,24). The van der Waals surface area contributed by atoms with Gasteiger partial charge < -0.3 is 10.2 Å². The van der Waals surface area contributed by atoms with Crippen molar-refractivity contribution >= 4 is 34.0 Å². The summed E-state index contributed by atoms with van der Waals surface area (Å²) < 4.78 is 13.9. The summed E-state index contributed by atoms with van der Waals surface area (Å²) in [5, 5.41) is 12.0. The van der Waals surface area contributed by atoms with Crippen LogP contribution < -0.4 is 10.2 Å². The first-order valence-electron chi connectivity index (χ1n) is 7.95. The first kappa shape index (κ1) is 17.5. The van der Waals surface area contributed by atoms with Crippen LogP contribution in [0.25, 0.3) is 0 Å². The SMILES string of the molecule is CC(C)(C)c1nnc(NC(=O)C2CC(=O)N(c3ccccc3F)C2)s1. The number of nitrogens with zero attached hydrogens (tertiary/aromatic N) is 3. The summed E-state index contributed by atoms with van der Waals surface area (Å²) in [6, 6.07) is 6.05. The predicted octanol–water partition coefficient (Wildman–Crippen LogP) is 2.97. The molecule has 2 heterocycles. The number of para-hydroxylation sites is 1. The summed E-state index contributed by atoms with van der Waals surface area (Å²) in [4.78, 5) is 25.9. The average Bonchev–Trinajstić information content (AvgIpc) is 3.14. The van der Waals surface area contributed by atoms with Crippen molar-refractivity contribution in [3.8, 4) is 0 Å². The molecule has 6 nitrogen and oxygen atoms in total. The topological polar surface area (TPSA) is 75.2 Å². The second-order valence-corrected chi connectivity index (χ2v) is 7.99. The monoisotopic (exact) mass is 362 g/mol. The summed E-state index contributed by atoms with van der Waals surface area (Å²) in [5.74, 6) is -1.59. The fraction of sp³-hybridized carbons (Fsp3) is 0.412. The smallest absolute Gasteiger partial charge is 0.231 e. The van der Waals surface area contributed by atoms with Crippen LogP contribution in [0, 0.1) is 11.7 Å². The summed E-state index contributed by atoms with van der Waals surface area (Å²) in [5.41, 5.74) is 0.0553. The Morgan fingerprint density at radius 1 is 1.32 bits per heavy atom. The van der Waals surface area contributed by atoms with E-state index in [4.69, 9.17) is 0 Å². The number of aromatic nitrogens is 2. The van der Waals surface area contributed by atoms with E-state index < -0.39 is 11.7 Å². The first-order valence-corrected chi connectivity index (χ1v) is 8.77. The molecule has 1 aliphatic heterocycles. The van der Waals surface area contributed by atoms with Gasteiger partial charge in [-0.1, -0.05) is 44.2 Å². The van der Waals surface area contributed by atoms with Crippen molar-refractivity contribution in [2.45, 2.75) is 32.6 Å². The van der Waals surface area contributed by atoms with Crippen molar-refractivity contribution in [2.75, 3.05) is 16.8 Å². The molecule has 132 valence electrons. The van der Waals surface area contributed by atoms with Crippen molar-refractivity contribution in [3.05, 3.63) is 35.1 Å². The lowest BCUT2D eigenvalue weighted by molar-refractivity contribution is -0.122. The molecule has 0 saturated carbocycles. The van der Waals surface area contributed by atoms with E-state index >= 15 is 0 Å². The molecule has 8 heteroatoms. The number of carbonyl (C=O) groups is 2. The summed E-state index contributed by atoms with van der Waals surface area (Å²) >= 11 is 1.31. The summed E-state index contributed by atoms with van der Waals surface area (Å²) in [6.45, 7) is 6.19. The van der Waals surface area contributed by atoms with Crippen LogP contribution in [0.5, 0.6) is 0 Å². The normalized spacial score (nSPS) is 17.8. The van der Waals surface area contributed by atoms with Crippen LogP contribution in [-0.4, -0.2) is 28.6 Å². The predicted molar refractivity (Wildman–Crippen MR) is 94.1 cm³/mol. The Labute approximate surface area is 149 Å². The van der Waals surface area contributed by atoms with Gasteiger partial charge in [0.25, 0.3) is 0 Å². The first-order chi connectivity index (χ1) is 11.8. The van der Waals surface area contributed by atoms with Crippen LogP contribution in [0.3, 0.4) is 0 Å². The Bertz CT molecular complexity index is 815. The zero-order valence-corrected chi connectivity index (χ0v) is 15.1. The summed E-state index contributed by atoms with van der Waals surface area (Å²) in [6.07, 6.45) is 0.0467. The Kier molecular flexibility index (Phi) is 4.55. The second kappa shape index (κ2) is 6.51. The van der Waals surface area contributed by atoms with Gasteiger partial charge in [0.2, 0.25) is 16.9 Å². The van der Waals surface area contributed by atoms with Gasteiger partial charge in [-0.15, -0.1) is 10.2 Å². The van der Waals surface area contributed by atoms with E-state index in [2.05, 4.69) is 15.5 Å². The van der Waals surface area contributed by atoms with Crippen LogP contribution in [0.1, 0.15) is 32.2 Å². The maximum Gasteiger partial charge on any atom is 0.231 e. The van der Waals surface area contributed by atoms with E-state index in [1.165, 1.54) is 28.4 Å². The van der Waals surface area contributed by atoms with Gasteiger partial charge in [0.15, 0.2) is 0 Å². The number of hydrogen-bond donors (Lipinski definition) is 1. The molecular weight excluding hydrogens is 343 g/mol. The molecule has 2 aromatic rings. The van der Waals surface area contributed by atoms with E-state index in [0.29, 0.717) is 5.13 Å². The highest BCUT2D eigenvalue weighted by atomic mass is 32.1. The number of amides is 2. The third kappa shape index (κ3) is 3.68. The molecule has 3 rings (SSSR count). The zero-order chi connectivity index (χ0) is 18.2. The molecule has 1 aromatic carbocycles. The summed E-state index contributed by atoms with van der Waals surface area (Å²) in [7, 11) is 0. The highest BCUT2D eigenvalue weighted by Gasteiger charge is 2.36. The van der Waals surface area contributed by atoms with Crippen LogP contribution >= 0.6 is 11.3 Å². The molecule has 1 atom stereocenters. The Balaban J connectivity index is 1.69. The van der Waals surface area contributed by atoms with Crippen molar-refractivity contribution < 1.29 is 14.0 Å². The molecule has 1 unspecified atom stereocenters. The molecule has 1 fully saturated rings. The molecule has 1 saturated heterocycles. The number of benzene rings is 1. The molecule has 0 spiro atoms. The lowest BCUT2D eigenvalue weighted by Gasteiger charge is -2.17. The molecular formula is C17H19FN4O2S. The van der Waals surface area contributed by atoms with Crippen LogP contribution in [0.4, 0.5) is 15.2 Å². The Morgan fingerprint density at radius 2 is 2.04 bits per heavy atom. The fourth-order valence-corrected chi connectivity index (χ4v) is 3.38. The van der Waals surface area contributed by atoms with E-state index in [-0.39, 0.29) is 35.9 Å². The third-order valence-electron chi connectivity index (χ3n) is 3.94. The maximum absolute atomic E-state index is 13.9. The van der Waals surface area contributed by atoms with Gasteiger partial charge in [0, 0.05) is 18.4 Å². The van der Waals surface area contributed by atoms with E-state index in [1.807, 2.05) is 20.8 Å². The minimum absolute atomic E-state index is 0.0467. The molecule has 0 bridgehead atoms. The van der Waals surface area contributed by atoms with Crippen molar-refractivity contribution in [2.24, 2.45) is 5.92 Å². The van der Waals surface area contributed by atoms with Crippen LogP contribution in [0.2, 0.25) is 0 Å². The number of carbonyl (C=O) groups excluding carboxylic acids is 2. The van der Waals surface area contributed by atoms with Gasteiger partial charge in [-0.3, -0.25) is 9.59 Å². The van der Waals surface area contributed by atoms with E-state index in [1.54, 1.807) is 12.1 Å². The minimum atomic E-state index is -0.547. The van der Waals surface area contributed by atoms with Crippen molar-refractivity contribution in [1.29, 1.82) is 0 Å². The van der Waals surface area contributed by atoms with E-state index in [9.17, 15) is 14.0 Å². The molecule has 2 amide bonds. The number of nitrogens with one attached hydrogen (secondary N) is 1. The van der Waals surface area contributed by atoms with Gasteiger partial charge in [0.1, 0.15) is 10.8 Å². The molecule has 1 aromatic heterocycles. The largest absolute Gasteiger partial charge is 0.309 e. The number of hydrogen-bond acceptors (Lipinski definition) is 5. The maximum atomic E-state index is 13.9. The number of halogens is 1. The Hall–Kier alpha value is -2.35. The lowest BCUT2D eigenvalue weighted by atomic mass is 9.98. The van der Waals surface area contributed by atoms with E-state index in [0.717, 1.165) is 5.01 Å². The average molecular weight is 362 g/mol. The number of rotatable bonds is 3. The van der Waals surface area contributed by atoms with Crippen molar-refractivity contribution in [3.63, 3.8) is 0 Å². The molecule has 0 radical (unpaired) electrons. The van der Waals surface area contributed by atoms with Gasteiger partial charge >= 0.3 is 0 Å².